The van der Waals surface area contributed by atoms with Crippen molar-refractivity contribution < 1.29 is 29.5 Å². The highest BCUT2D eigenvalue weighted by Gasteiger charge is 2.44. The van der Waals surface area contributed by atoms with Crippen LogP contribution in [0, 0.1) is 0 Å². The molecule has 0 aromatic carbocycles. The molecule has 0 radical (unpaired) electrons. The molecule has 0 aromatic rings. The lowest BCUT2D eigenvalue weighted by Crippen LogP contribution is -2.59. The molecule has 0 saturated carbocycles. The summed E-state index contributed by atoms with van der Waals surface area (Å²) in [6, 6.07) is 0. The van der Waals surface area contributed by atoms with Crippen molar-refractivity contribution in [3.05, 3.63) is 0 Å². The summed E-state index contributed by atoms with van der Waals surface area (Å²) < 4.78 is 14.9. The molecule has 0 aliphatic carbocycles. The Morgan fingerprint density at radius 2 is 1.87 bits per heavy atom. The summed E-state index contributed by atoms with van der Waals surface area (Å²) in [5.74, 6) is 0. The van der Waals surface area contributed by atoms with E-state index in [2.05, 4.69) is 0 Å². The van der Waals surface area contributed by atoms with Crippen LogP contribution in [0.4, 0.5) is 0 Å². The van der Waals surface area contributed by atoms with Gasteiger partial charge < -0.3 is 29.5 Å². The minimum absolute atomic E-state index is 0.105. The van der Waals surface area contributed by atoms with Crippen LogP contribution in [0.15, 0.2) is 0 Å². The van der Waals surface area contributed by atoms with E-state index >= 15 is 0 Å². The van der Waals surface area contributed by atoms with Crippen LogP contribution in [0.25, 0.3) is 0 Å². The molecule has 1 rings (SSSR count). The van der Waals surface area contributed by atoms with Crippen molar-refractivity contribution in [3.8, 4) is 0 Å². The minimum atomic E-state index is -1.25. The predicted molar refractivity (Wildman–Crippen MR) is 50.2 cm³/mol. The van der Waals surface area contributed by atoms with Gasteiger partial charge in [-0.2, -0.15) is 0 Å². The van der Waals surface area contributed by atoms with Gasteiger partial charge in [-0.25, -0.2) is 0 Å². The number of ether oxygens (including phenoxy) is 3. The Labute approximate surface area is 88.4 Å². The molecule has 6 heteroatoms. The maximum Gasteiger partial charge on any atom is 0.184 e. The molecule has 1 aliphatic rings. The Hall–Kier alpha value is -0.240. The van der Waals surface area contributed by atoms with Crippen molar-refractivity contribution in [2.45, 2.75) is 37.6 Å². The lowest BCUT2D eigenvalue weighted by molar-refractivity contribution is -0.296. The third-order valence-corrected chi connectivity index (χ3v) is 2.35. The van der Waals surface area contributed by atoms with Crippen molar-refractivity contribution in [1.29, 1.82) is 0 Å². The molecule has 0 spiro atoms. The van der Waals surface area contributed by atoms with Gasteiger partial charge in [0.15, 0.2) is 6.29 Å². The molecule has 1 saturated heterocycles. The van der Waals surface area contributed by atoms with Crippen LogP contribution in [0.5, 0.6) is 0 Å². The number of rotatable bonds is 4. The van der Waals surface area contributed by atoms with Crippen LogP contribution in [0.1, 0.15) is 6.92 Å². The molecule has 6 nitrogen and oxygen atoms in total. The molecule has 1 heterocycles. The standard InChI is InChI=1S/C9H18O6/c1-3-14-8-7(11)6(10)5(4-13-2)15-9(8)12/h5-12H,3-4H2,1-2H3. The van der Waals surface area contributed by atoms with E-state index < -0.39 is 30.7 Å². The Balaban J connectivity index is 2.61. The molecule has 1 fully saturated rings. The van der Waals surface area contributed by atoms with E-state index in [0.29, 0.717) is 6.61 Å². The van der Waals surface area contributed by atoms with Gasteiger partial charge in [0.2, 0.25) is 0 Å². The fraction of sp³-hybridized carbons (Fsp3) is 1.00. The van der Waals surface area contributed by atoms with Gasteiger partial charge >= 0.3 is 0 Å². The second kappa shape index (κ2) is 5.74. The van der Waals surface area contributed by atoms with E-state index in [1.165, 1.54) is 7.11 Å². The van der Waals surface area contributed by atoms with E-state index in [-0.39, 0.29) is 6.61 Å². The quantitative estimate of drug-likeness (QED) is 0.535. The van der Waals surface area contributed by atoms with Crippen LogP contribution in [0.2, 0.25) is 0 Å². The Morgan fingerprint density at radius 1 is 1.20 bits per heavy atom. The van der Waals surface area contributed by atoms with Crippen LogP contribution in [-0.2, 0) is 14.2 Å². The fourth-order valence-corrected chi connectivity index (χ4v) is 1.60. The van der Waals surface area contributed by atoms with Crippen molar-refractivity contribution in [2.24, 2.45) is 0 Å². The third kappa shape index (κ3) is 2.87. The highest BCUT2D eigenvalue weighted by Crippen LogP contribution is 2.22. The molecular formula is C9H18O6. The Kier molecular flexibility index (Phi) is 4.91. The summed E-state index contributed by atoms with van der Waals surface area (Å²) in [5, 5.41) is 28.8. The van der Waals surface area contributed by atoms with Crippen molar-refractivity contribution in [3.63, 3.8) is 0 Å². The van der Waals surface area contributed by atoms with E-state index in [9.17, 15) is 15.3 Å². The molecule has 15 heavy (non-hydrogen) atoms. The normalized spacial score (nSPS) is 41.8. The second-order valence-corrected chi connectivity index (χ2v) is 3.42. The van der Waals surface area contributed by atoms with Crippen LogP contribution in [-0.4, -0.2) is 66.3 Å². The maximum absolute atomic E-state index is 9.67. The smallest absolute Gasteiger partial charge is 0.184 e. The monoisotopic (exact) mass is 222 g/mol. The number of hydrogen-bond donors (Lipinski definition) is 3. The summed E-state index contributed by atoms with van der Waals surface area (Å²) >= 11 is 0. The summed E-state index contributed by atoms with van der Waals surface area (Å²) in [7, 11) is 1.45. The van der Waals surface area contributed by atoms with Gasteiger partial charge in [-0.1, -0.05) is 0 Å². The van der Waals surface area contributed by atoms with Crippen LogP contribution >= 0.6 is 0 Å². The zero-order valence-electron chi connectivity index (χ0n) is 8.87. The zero-order valence-corrected chi connectivity index (χ0v) is 8.87. The van der Waals surface area contributed by atoms with E-state index in [1.807, 2.05) is 0 Å². The van der Waals surface area contributed by atoms with Gasteiger partial charge in [0.1, 0.15) is 24.4 Å². The zero-order chi connectivity index (χ0) is 11.4. The fourth-order valence-electron chi connectivity index (χ4n) is 1.60. The SMILES string of the molecule is CCOC1C(O)OC(COC)C(O)C1O. The molecule has 5 unspecified atom stereocenters. The van der Waals surface area contributed by atoms with Crippen LogP contribution < -0.4 is 0 Å². The van der Waals surface area contributed by atoms with Gasteiger partial charge in [-0.3, -0.25) is 0 Å². The second-order valence-electron chi connectivity index (χ2n) is 3.42. The number of aliphatic hydroxyl groups is 3. The largest absolute Gasteiger partial charge is 0.387 e. The highest BCUT2D eigenvalue weighted by atomic mass is 16.7. The molecule has 1 aliphatic heterocycles. The average molecular weight is 222 g/mol. The van der Waals surface area contributed by atoms with Crippen LogP contribution in [0.3, 0.4) is 0 Å². The Bertz CT molecular complexity index is 187. The molecule has 0 amide bonds. The predicted octanol–water partition coefficient (Wildman–Crippen LogP) is -1.52. The summed E-state index contributed by atoms with van der Waals surface area (Å²) in [6.07, 6.45) is -5.20. The first-order valence-electron chi connectivity index (χ1n) is 4.92. The molecule has 0 bridgehead atoms. The lowest BCUT2D eigenvalue weighted by Gasteiger charge is -2.40. The van der Waals surface area contributed by atoms with Gasteiger partial charge in [0, 0.05) is 13.7 Å². The van der Waals surface area contributed by atoms with Gasteiger partial charge in [0.25, 0.3) is 0 Å². The molecule has 0 aromatic heterocycles. The molecule has 5 atom stereocenters. The topological polar surface area (TPSA) is 88.4 Å². The molecule has 3 N–H and O–H groups in total. The lowest BCUT2D eigenvalue weighted by atomic mass is 9.99. The van der Waals surface area contributed by atoms with Crippen molar-refractivity contribution in [1.82, 2.24) is 0 Å². The first kappa shape index (κ1) is 12.8. The summed E-state index contributed by atoms with van der Waals surface area (Å²) in [6.45, 7) is 2.16. The van der Waals surface area contributed by atoms with Gasteiger partial charge in [-0.05, 0) is 6.92 Å². The van der Waals surface area contributed by atoms with Crippen molar-refractivity contribution in [2.75, 3.05) is 20.3 Å². The van der Waals surface area contributed by atoms with E-state index in [1.54, 1.807) is 6.92 Å². The number of hydrogen-bond acceptors (Lipinski definition) is 6. The number of methoxy groups -OCH3 is 1. The first-order valence-corrected chi connectivity index (χ1v) is 4.92. The molecular weight excluding hydrogens is 204 g/mol. The summed E-state index contributed by atoms with van der Waals surface area (Å²) in [4.78, 5) is 0. The number of aliphatic hydroxyl groups excluding tert-OH is 3. The third-order valence-electron chi connectivity index (χ3n) is 2.35. The maximum atomic E-state index is 9.67. The van der Waals surface area contributed by atoms with Gasteiger partial charge in [-0.15, -0.1) is 0 Å². The first-order chi connectivity index (χ1) is 7.11. The van der Waals surface area contributed by atoms with Crippen molar-refractivity contribution >= 4 is 0 Å². The average Bonchev–Trinajstić information content (AvgIpc) is 2.21. The highest BCUT2D eigenvalue weighted by molar-refractivity contribution is 4.89. The minimum Gasteiger partial charge on any atom is -0.387 e. The van der Waals surface area contributed by atoms with Gasteiger partial charge in [0.05, 0.1) is 6.61 Å². The molecule has 90 valence electrons. The van der Waals surface area contributed by atoms with E-state index in [4.69, 9.17) is 14.2 Å². The summed E-state index contributed by atoms with van der Waals surface area (Å²) in [5.41, 5.74) is 0. The Morgan fingerprint density at radius 3 is 2.40 bits per heavy atom. The van der Waals surface area contributed by atoms with E-state index in [0.717, 1.165) is 0 Å².